The van der Waals surface area contributed by atoms with Crippen LogP contribution in [0.15, 0.2) is 134 Å². The summed E-state index contributed by atoms with van der Waals surface area (Å²) in [5.41, 5.74) is 0. The zero-order chi connectivity index (χ0) is 51.4. The van der Waals surface area contributed by atoms with Crippen molar-refractivity contribution in [3.05, 3.63) is 134 Å². The van der Waals surface area contributed by atoms with E-state index in [1.807, 2.05) is 0 Å². The van der Waals surface area contributed by atoms with Gasteiger partial charge < -0.3 is 14.2 Å². The molecule has 0 radical (unpaired) electrons. The predicted octanol–water partition coefficient (Wildman–Crippen LogP) is 19.4. The van der Waals surface area contributed by atoms with Crippen molar-refractivity contribution in [2.24, 2.45) is 0 Å². The van der Waals surface area contributed by atoms with E-state index < -0.39 is 6.10 Å². The highest BCUT2D eigenvalue weighted by Crippen LogP contribution is 2.13. The fourth-order valence-electron chi connectivity index (χ4n) is 7.37. The summed E-state index contributed by atoms with van der Waals surface area (Å²) in [4.78, 5) is 38.2. The molecular weight excluding hydrogens is 877 g/mol. The van der Waals surface area contributed by atoms with Gasteiger partial charge in [0.1, 0.15) is 13.2 Å². The molecule has 0 fully saturated rings. The van der Waals surface area contributed by atoms with Crippen LogP contribution < -0.4 is 0 Å². The number of esters is 3. The van der Waals surface area contributed by atoms with E-state index >= 15 is 0 Å². The molecule has 6 nitrogen and oxygen atoms in total. The summed E-state index contributed by atoms with van der Waals surface area (Å²) < 4.78 is 16.8. The van der Waals surface area contributed by atoms with Crippen molar-refractivity contribution >= 4 is 17.9 Å². The quantitative estimate of drug-likeness (QED) is 0.0262. The summed E-state index contributed by atoms with van der Waals surface area (Å²) in [6, 6.07) is 0. The molecule has 0 amide bonds. The van der Waals surface area contributed by atoms with Crippen LogP contribution in [0, 0.1) is 0 Å². The maximum absolute atomic E-state index is 12.9. The van der Waals surface area contributed by atoms with Crippen LogP contribution in [0.3, 0.4) is 0 Å². The van der Waals surface area contributed by atoms with Gasteiger partial charge in [0, 0.05) is 19.3 Å². The van der Waals surface area contributed by atoms with E-state index in [-0.39, 0.29) is 37.5 Å². The van der Waals surface area contributed by atoms with E-state index in [0.717, 1.165) is 154 Å². The molecule has 0 aliphatic rings. The van der Waals surface area contributed by atoms with Crippen molar-refractivity contribution < 1.29 is 28.6 Å². The number of ether oxygens (including phenoxy) is 3. The van der Waals surface area contributed by atoms with Crippen molar-refractivity contribution in [3.63, 3.8) is 0 Å². The minimum Gasteiger partial charge on any atom is -0.462 e. The van der Waals surface area contributed by atoms with Gasteiger partial charge in [0.25, 0.3) is 0 Å². The normalized spacial score (nSPS) is 13.1. The van der Waals surface area contributed by atoms with E-state index in [9.17, 15) is 14.4 Å². The average Bonchev–Trinajstić information content (AvgIpc) is 3.37. The highest BCUT2D eigenvalue weighted by molar-refractivity contribution is 5.71. The summed E-state index contributed by atoms with van der Waals surface area (Å²) in [7, 11) is 0. The minimum absolute atomic E-state index is 0.107. The summed E-state index contributed by atoms with van der Waals surface area (Å²) >= 11 is 0. The first-order valence-corrected chi connectivity index (χ1v) is 28.7. The maximum atomic E-state index is 12.9. The van der Waals surface area contributed by atoms with E-state index in [4.69, 9.17) is 14.2 Å². The molecule has 0 spiro atoms. The van der Waals surface area contributed by atoms with Gasteiger partial charge in [0.15, 0.2) is 6.10 Å². The Morgan fingerprint density at radius 3 is 0.887 bits per heavy atom. The monoisotopic (exact) mass is 981 g/mol. The second-order valence-corrected chi connectivity index (χ2v) is 18.4. The molecule has 0 heterocycles. The predicted molar refractivity (Wildman–Crippen MR) is 306 cm³/mol. The minimum atomic E-state index is -0.813. The summed E-state index contributed by atoms with van der Waals surface area (Å²) in [6.45, 7) is 6.34. The Bertz CT molecular complexity index is 1550. The van der Waals surface area contributed by atoms with Crippen LogP contribution in [0.2, 0.25) is 0 Å². The molecule has 71 heavy (non-hydrogen) atoms. The van der Waals surface area contributed by atoms with Crippen LogP contribution >= 0.6 is 0 Å². The molecule has 0 N–H and O–H groups in total. The van der Waals surface area contributed by atoms with E-state index in [2.05, 4.69) is 154 Å². The number of unbranched alkanes of at least 4 members (excludes halogenated alkanes) is 17. The zero-order valence-electron chi connectivity index (χ0n) is 45.7. The second kappa shape index (κ2) is 58.1. The number of allylic oxidation sites excluding steroid dienone is 22. The highest BCUT2D eigenvalue weighted by atomic mass is 16.6. The molecule has 1 unspecified atom stereocenters. The summed E-state index contributed by atoms with van der Waals surface area (Å²) in [5.74, 6) is -0.971. The largest absolute Gasteiger partial charge is 0.462 e. The lowest BCUT2D eigenvalue weighted by Crippen LogP contribution is -2.30. The van der Waals surface area contributed by atoms with E-state index in [1.54, 1.807) is 0 Å². The molecule has 0 aliphatic heterocycles. The van der Waals surface area contributed by atoms with E-state index in [0.29, 0.717) is 19.3 Å². The van der Waals surface area contributed by atoms with Gasteiger partial charge >= 0.3 is 17.9 Å². The van der Waals surface area contributed by atoms with Gasteiger partial charge in [-0.3, -0.25) is 14.4 Å². The number of hydrogen-bond donors (Lipinski definition) is 0. The van der Waals surface area contributed by atoms with Crippen molar-refractivity contribution in [1.29, 1.82) is 0 Å². The van der Waals surface area contributed by atoms with Crippen LogP contribution in [0.25, 0.3) is 0 Å². The Morgan fingerprint density at radius 1 is 0.296 bits per heavy atom. The number of carbonyl (C=O) groups excluding carboxylic acids is 3. The van der Waals surface area contributed by atoms with Crippen molar-refractivity contribution in [2.75, 3.05) is 13.2 Å². The molecule has 0 aliphatic carbocycles. The van der Waals surface area contributed by atoms with Crippen LogP contribution in [0.4, 0.5) is 0 Å². The number of rotatable bonds is 50. The van der Waals surface area contributed by atoms with E-state index in [1.165, 1.54) is 38.5 Å². The van der Waals surface area contributed by atoms with Crippen LogP contribution in [-0.2, 0) is 28.6 Å². The molecule has 0 aromatic rings. The van der Waals surface area contributed by atoms with Gasteiger partial charge in [0.2, 0.25) is 0 Å². The molecule has 1 atom stereocenters. The number of hydrogen-bond acceptors (Lipinski definition) is 6. The molecule has 0 saturated carbocycles. The molecular formula is C65H104O6. The standard InChI is InChI=1S/C65H104O6/c1-4-7-10-13-16-19-22-25-27-29-31-32-34-35-37-40-43-46-49-52-55-58-64(67)70-61-62(60-69-63(66)57-54-51-48-45-42-39-24-21-18-15-12-9-6-3)71-65(68)59-56-53-50-47-44-41-38-36-33-30-28-26-23-20-17-14-11-8-5-2/h7-8,10-11,16-17,19-21,24-28,31-33,35-37,41,44,62H,4-6,9,12-15,18,22-23,29-30,34,38-40,42-43,45-61H2,1-3H3/b10-7-,11-8-,19-16-,20-17-,24-21-,27-25-,28-26-,32-31-,36-33-,37-35-,44-41-. The smallest absolute Gasteiger partial charge is 0.306 e. The molecule has 0 bridgehead atoms. The van der Waals surface area contributed by atoms with Gasteiger partial charge in [-0.25, -0.2) is 0 Å². The second-order valence-electron chi connectivity index (χ2n) is 18.4. The summed E-state index contributed by atoms with van der Waals surface area (Å²) in [6.07, 6.45) is 81.5. The van der Waals surface area contributed by atoms with Gasteiger partial charge in [-0.2, -0.15) is 0 Å². The van der Waals surface area contributed by atoms with Crippen molar-refractivity contribution in [3.8, 4) is 0 Å². The summed E-state index contributed by atoms with van der Waals surface area (Å²) in [5, 5.41) is 0. The van der Waals surface area contributed by atoms with Crippen LogP contribution in [-0.4, -0.2) is 37.2 Å². The molecule has 400 valence electrons. The van der Waals surface area contributed by atoms with Gasteiger partial charge in [-0.05, 0) is 135 Å². The molecule has 0 aromatic heterocycles. The Morgan fingerprint density at radius 2 is 0.549 bits per heavy atom. The Hall–Kier alpha value is -4.45. The first-order valence-electron chi connectivity index (χ1n) is 28.7. The first kappa shape index (κ1) is 66.6. The van der Waals surface area contributed by atoms with Gasteiger partial charge in [0.05, 0.1) is 0 Å². The topological polar surface area (TPSA) is 78.9 Å². The Labute approximate surface area is 436 Å². The van der Waals surface area contributed by atoms with Crippen molar-refractivity contribution in [1.82, 2.24) is 0 Å². The third-order valence-electron chi connectivity index (χ3n) is 11.6. The number of carbonyl (C=O) groups is 3. The molecule has 0 rings (SSSR count). The maximum Gasteiger partial charge on any atom is 0.306 e. The van der Waals surface area contributed by atoms with Gasteiger partial charge in [-0.15, -0.1) is 0 Å². The Balaban J connectivity index is 4.50. The molecule has 0 saturated heterocycles. The van der Waals surface area contributed by atoms with Crippen LogP contribution in [0.1, 0.15) is 239 Å². The lowest BCUT2D eigenvalue weighted by molar-refractivity contribution is -0.167. The lowest BCUT2D eigenvalue weighted by atomic mass is 10.1. The van der Waals surface area contributed by atoms with Crippen molar-refractivity contribution in [2.45, 2.75) is 245 Å². The SMILES string of the molecule is CC/C=C\C/C=C\C/C=C\C/C=C\C/C=C\CCCCCCCC(=O)OCC(COC(=O)CCCCCCC/C=C\CCCCCC)OC(=O)CCCCC/C=C\C/C=C\C/C=C\C/C=C\C/C=C\CC. The zero-order valence-corrected chi connectivity index (χ0v) is 45.7. The third kappa shape index (κ3) is 56.3. The fourth-order valence-corrected chi connectivity index (χ4v) is 7.37. The Kier molecular flexibility index (Phi) is 54.5. The molecule has 6 heteroatoms. The first-order chi connectivity index (χ1) is 35.0. The lowest BCUT2D eigenvalue weighted by Gasteiger charge is -2.18. The average molecular weight is 982 g/mol. The molecule has 0 aromatic carbocycles. The highest BCUT2D eigenvalue weighted by Gasteiger charge is 2.19. The fraction of sp³-hybridized carbons (Fsp3) is 0.615. The van der Waals surface area contributed by atoms with Crippen LogP contribution in [0.5, 0.6) is 0 Å². The van der Waals surface area contributed by atoms with Gasteiger partial charge in [-0.1, -0.05) is 219 Å². The third-order valence-corrected chi connectivity index (χ3v) is 11.6.